The number of nitrogens with zero attached hydrogens (tertiary/aromatic N) is 1. The molecule has 1 fully saturated rings. The van der Waals surface area contributed by atoms with Crippen molar-refractivity contribution in [2.24, 2.45) is 0 Å². The number of aliphatic hydroxyl groups is 1. The molecule has 2 heterocycles. The first-order valence-corrected chi connectivity index (χ1v) is 8.97. The fourth-order valence-corrected chi connectivity index (χ4v) is 3.16. The molecule has 0 spiro atoms. The number of piperidine rings is 1. The average Bonchev–Trinajstić information content (AvgIpc) is 2.63. The Morgan fingerprint density at radius 3 is 2.81 bits per heavy atom. The van der Waals surface area contributed by atoms with Crippen molar-refractivity contribution >= 4 is 5.91 Å². The van der Waals surface area contributed by atoms with E-state index in [0.29, 0.717) is 25.2 Å². The SMILES string of the molecule is Cc1ccc(CNC(=O)c2cc(=O)c(CN3CCCC(O)C3)c[nH]2)cc1. The van der Waals surface area contributed by atoms with Crippen LogP contribution in [0.5, 0.6) is 0 Å². The summed E-state index contributed by atoms with van der Waals surface area (Å²) in [6.07, 6.45) is 3.02. The van der Waals surface area contributed by atoms with Crippen LogP contribution in [0.3, 0.4) is 0 Å². The summed E-state index contributed by atoms with van der Waals surface area (Å²) in [6.45, 7) is 4.36. The summed E-state index contributed by atoms with van der Waals surface area (Å²) < 4.78 is 0. The number of aromatic nitrogens is 1. The smallest absolute Gasteiger partial charge is 0.268 e. The zero-order chi connectivity index (χ0) is 18.5. The number of benzene rings is 1. The second kappa shape index (κ2) is 8.29. The van der Waals surface area contributed by atoms with Gasteiger partial charge in [-0.25, -0.2) is 0 Å². The molecule has 0 bridgehead atoms. The minimum absolute atomic E-state index is 0.163. The van der Waals surface area contributed by atoms with E-state index in [2.05, 4.69) is 15.2 Å². The summed E-state index contributed by atoms with van der Waals surface area (Å²) in [4.78, 5) is 29.6. The third kappa shape index (κ3) is 4.80. The molecule has 0 aliphatic carbocycles. The zero-order valence-corrected chi connectivity index (χ0v) is 15.0. The van der Waals surface area contributed by atoms with Gasteiger partial charge in [0, 0.05) is 37.5 Å². The molecule has 26 heavy (non-hydrogen) atoms. The third-order valence-electron chi connectivity index (χ3n) is 4.69. The van der Waals surface area contributed by atoms with E-state index in [4.69, 9.17) is 0 Å². The lowest BCUT2D eigenvalue weighted by atomic mass is 10.1. The summed E-state index contributed by atoms with van der Waals surface area (Å²) in [5, 5.41) is 12.5. The van der Waals surface area contributed by atoms with Gasteiger partial charge < -0.3 is 15.4 Å². The number of amides is 1. The lowest BCUT2D eigenvalue weighted by Crippen LogP contribution is -2.38. The summed E-state index contributed by atoms with van der Waals surface area (Å²) in [5.41, 5.74) is 2.87. The van der Waals surface area contributed by atoms with E-state index >= 15 is 0 Å². The fraction of sp³-hybridized carbons (Fsp3) is 0.400. The van der Waals surface area contributed by atoms with Gasteiger partial charge in [0.15, 0.2) is 5.43 Å². The molecule has 0 saturated carbocycles. The van der Waals surface area contributed by atoms with Crippen molar-refractivity contribution in [2.75, 3.05) is 13.1 Å². The molecule has 1 unspecified atom stereocenters. The first kappa shape index (κ1) is 18.4. The van der Waals surface area contributed by atoms with Crippen molar-refractivity contribution < 1.29 is 9.90 Å². The summed E-state index contributed by atoms with van der Waals surface area (Å²) in [6, 6.07) is 9.27. The molecule has 3 N–H and O–H groups in total. The van der Waals surface area contributed by atoms with Gasteiger partial charge in [-0.05, 0) is 31.9 Å². The van der Waals surface area contributed by atoms with Crippen LogP contribution in [0.2, 0.25) is 0 Å². The summed E-state index contributed by atoms with van der Waals surface area (Å²) in [7, 11) is 0. The maximum absolute atomic E-state index is 12.3. The number of likely N-dealkylation sites (tertiary alicyclic amines) is 1. The minimum atomic E-state index is -0.324. The van der Waals surface area contributed by atoms with Crippen LogP contribution in [-0.2, 0) is 13.1 Å². The van der Waals surface area contributed by atoms with E-state index in [1.807, 2.05) is 31.2 Å². The van der Waals surface area contributed by atoms with Crippen LogP contribution in [-0.4, -0.2) is 40.1 Å². The van der Waals surface area contributed by atoms with Crippen molar-refractivity contribution in [3.63, 3.8) is 0 Å². The molecule has 1 aliphatic rings. The standard InChI is InChI=1S/C20H25N3O3/c1-14-4-6-15(7-5-14)10-22-20(26)18-9-19(25)16(11-21-18)12-23-8-2-3-17(24)13-23/h4-7,9,11,17,24H,2-3,8,10,12-13H2,1H3,(H,21,25)(H,22,26). The Morgan fingerprint density at radius 1 is 1.35 bits per heavy atom. The predicted octanol–water partition coefficient (Wildman–Crippen LogP) is 1.57. The third-order valence-corrected chi connectivity index (χ3v) is 4.69. The number of pyridine rings is 1. The normalized spacial score (nSPS) is 17.8. The minimum Gasteiger partial charge on any atom is -0.392 e. The summed E-state index contributed by atoms with van der Waals surface area (Å²) >= 11 is 0. The highest BCUT2D eigenvalue weighted by Crippen LogP contribution is 2.12. The van der Waals surface area contributed by atoms with E-state index < -0.39 is 0 Å². The van der Waals surface area contributed by atoms with Crippen LogP contribution in [0, 0.1) is 6.92 Å². The van der Waals surface area contributed by atoms with Crippen LogP contribution >= 0.6 is 0 Å². The molecule has 1 aromatic carbocycles. The predicted molar refractivity (Wildman–Crippen MR) is 99.9 cm³/mol. The molecule has 6 heteroatoms. The Kier molecular flexibility index (Phi) is 5.85. The molecule has 138 valence electrons. The van der Waals surface area contributed by atoms with Gasteiger partial charge in [-0.3, -0.25) is 14.5 Å². The second-order valence-electron chi connectivity index (χ2n) is 6.94. The van der Waals surface area contributed by atoms with E-state index in [-0.39, 0.29) is 23.1 Å². The van der Waals surface area contributed by atoms with Crippen LogP contribution < -0.4 is 10.7 Å². The maximum Gasteiger partial charge on any atom is 0.268 e. The topological polar surface area (TPSA) is 85.4 Å². The van der Waals surface area contributed by atoms with Crippen molar-refractivity contribution in [3.8, 4) is 0 Å². The zero-order valence-electron chi connectivity index (χ0n) is 15.0. The number of aliphatic hydroxyl groups excluding tert-OH is 1. The van der Waals surface area contributed by atoms with Gasteiger partial charge in [-0.2, -0.15) is 0 Å². The molecular formula is C20H25N3O3. The molecule has 3 rings (SSSR count). The highest BCUT2D eigenvalue weighted by molar-refractivity contribution is 5.92. The van der Waals surface area contributed by atoms with Gasteiger partial charge in [0.05, 0.1) is 6.10 Å². The first-order chi connectivity index (χ1) is 12.5. The van der Waals surface area contributed by atoms with Crippen LogP contribution in [0.25, 0.3) is 0 Å². The number of carbonyl (C=O) groups excluding carboxylic acids is 1. The number of β-amino-alcohol motifs (C(OH)–C–C–N with tert-alkyl or cyclic N) is 1. The Hall–Kier alpha value is -2.44. The van der Waals surface area contributed by atoms with E-state index in [1.54, 1.807) is 6.20 Å². The molecule has 1 atom stereocenters. The van der Waals surface area contributed by atoms with Crippen molar-refractivity contribution in [3.05, 3.63) is 69.1 Å². The lowest BCUT2D eigenvalue weighted by Gasteiger charge is -2.29. The quantitative estimate of drug-likeness (QED) is 0.760. The van der Waals surface area contributed by atoms with Gasteiger partial charge in [-0.1, -0.05) is 29.8 Å². The van der Waals surface area contributed by atoms with Crippen molar-refractivity contribution in [2.45, 2.75) is 39.0 Å². The van der Waals surface area contributed by atoms with Crippen LogP contribution in [0.4, 0.5) is 0 Å². The van der Waals surface area contributed by atoms with E-state index in [9.17, 15) is 14.7 Å². The number of nitrogens with one attached hydrogen (secondary N) is 2. The largest absolute Gasteiger partial charge is 0.392 e. The van der Waals surface area contributed by atoms with Gasteiger partial charge >= 0.3 is 0 Å². The second-order valence-corrected chi connectivity index (χ2v) is 6.94. The number of carbonyl (C=O) groups is 1. The van der Waals surface area contributed by atoms with Crippen molar-refractivity contribution in [1.29, 1.82) is 0 Å². The van der Waals surface area contributed by atoms with E-state index in [0.717, 1.165) is 24.9 Å². The molecule has 1 amide bonds. The monoisotopic (exact) mass is 355 g/mol. The number of H-pyrrole nitrogens is 1. The molecule has 2 aromatic rings. The molecule has 1 aliphatic heterocycles. The van der Waals surface area contributed by atoms with E-state index in [1.165, 1.54) is 11.6 Å². The van der Waals surface area contributed by atoms with Gasteiger partial charge in [0.2, 0.25) is 0 Å². The molecule has 0 radical (unpaired) electrons. The lowest BCUT2D eigenvalue weighted by molar-refractivity contribution is 0.0666. The van der Waals surface area contributed by atoms with Crippen LogP contribution in [0.1, 0.15) is 40.0 Å². The van der Waals surface area contributed by atoms with Crippen LogP contribution in [0.15, 0.2) is 41.3 Å². The van der Waals surface area contributed by atoms with Gasteiger partial charge in [-0.15, -0.1) is 0 Å². The number of hydrogen-bond donors (Lipinski definition) is 3. The molecule has 1 aromatic heterocycles. The van der Waals surface area contributed by atoms with Gasteiger partial charge in [0.1, 0.15) is 5.69 Å². The average molecular weight is 355 g/mol. The Balaban J connectivity index is 1.60. The molecule has 1 saturated heterocycles. The van der Waals surface area contributed by atoms with Gasteiger partial charge in [0.25, 0.3) is 5.91 Å². The highest BCUT2D eigenvalue weighted by atomic mass is 16.3. The fourth-order valence-electron chi connectivity index (χ4n) is 3.16. The highest BCUT2D eigenvalue weighted by Gasteiger charge is 2.19. The Morgan fingerprint density at radius 2 is 2.12 bits per heavy atom. The molecule has 6 nitrogen and oxygen atoms in total. The Labute approximate surface area is 152 Å². The number of aromatic amines is 1. The Bertz CT molecular complexity index is 814. The first-order valence-electron chi connectivity index (χ1n) is 8.97. The maximum atomic E-state index is 12.3. The number of hydrogen-bond acceptors (Lipinski definition) is 4. The number of aryl methyl sites for hydroxylation is 1. The number of rotatable bonds is 5. The molecular weight excluding hydrogens is 330 g/mol. The van der Waals surface area contributed by atoms with Crippen molar-refractivity contribution in [1.82, 2.24) is 15.2 Å². The summed E-state index contributed by atoms with van der Waals surface area (Å²) in [5.74, 6) is -0.303.